The summed E-state index contributed by atoms with van der Waals surface area (Å²) in [6.45, 7) is 1.96. The molecule has 106 valence electrons. The minimum atomic E-state index is 0.641. The number of nitrogens with two attached hydrogens (primary N) is 1. The van der Waals surface area contributed by atoms with E-state index in [2.05, 4.69) is 48.0 Å². The fourth-order valence-electron chi connectivity index (χ4n) is 4.50. The molecular weight excluding hydrogens is 246 g/mol. The van der Waals surface area contributed by atoms with Crippen molar-refractivity contribution in [2.75, 3.05) is 20.1 Å². The van der Waals surface area contributed by atoms with Gasteiger partial charge < -0.3 is 15.2 Å². The van der Waals surface area contributed by atoms with E-state index in [1.807, 2.05) is 0 Å². The Labute approximate surface area is 120 Å². The number of hydrogen-bond acceptors (Lipinski definition) is 2. The summed E-state index contributed by atoms with van der Waals surface area (Å²) in [6, 6.07) is 7.46. The summed E-state index contributed by atoms with van der Waals surface area (Å²) >= 11 is 0. The quantitative estimate of drug-likeness (QED) is 0.860. The zero-order valence-electron chi connectivity index (χ0n) is 12.3. The topological polar surface area (TPSA) is 34.2 Å². The Morgan fingerprint density at radius 1 is 1.30 bits per heavy atom. The third-order valence-corrected chi connectivity index (χ3v) is 5.45. The standard InChI is InChI=1S/C17H23N3/c1-19-9-11(8-18)6-14-13-4-3-5-15-17(13)12(7-16(14)19)10-20(15)2/h3-5,10-11,14,16H,6-9,18H2,1-2H3/t11?,14?,16-/m1/s1. The molecule has 2 aromatic rings. The Morgan fingerprint density at radius 3 is 2.95 bits per heavy atom. The maximum absolute atomic E-state index is 5.95. The summed E-state index contributed by atoms with van der Waals surface area (Å²) in [5.41, 5.74) is 10.4. The Balaban J connectivity index is 1.89. The molecule has 4 rings (SSSR count). The van der Waals surface area contributed by atoms with Crippen molar-refractivity contribution in [3.63, 3.8) is 0 Å². The average molecular weight is 269 g/mol. The fourth-order valence-corrected chi connectivity index (χ4v) is 4.50. The van der Waals surface area contributed by atoms with Gasteiger partial charge in [0, 0.05) is 42.7 Å². The number of benzene rings is 1. The van der Waals surface area contributed by atoms with Gasteiger partial charge in [0.1, 0.15) is 0 Å². The minimum Gasteiger partial charge on any atom is -0.350 e. The third-order valence-electron chi connectivity index (χ3n) is 5.45. The molecule has 1 fully saturated rings. The maximum Gasteiger partial charge on any atom is 0.0483 e. The molecule has 0 radical (unpaired) electrons. The maximum atomic E-state index is 5.95. The molecule has 0 amide bonds. The highest BCUT2D eigenvalue weighted by atomic mass is 15.1. The Hall–Kier alpha value is -1.32. The van der Waals surface area contributed by atoms with Gasteiger partial charge in [-0.3, -0.25) is 0 Å². The van der Waals surface area contributed by atoms with Crippen LogP contribution in [0.1, 0.15) is 23.5 Å². The second-order valence-electron chi connectivity index (χ2n) is 6.66. The van der Waals surface area contributed by atoms with E-state index in [1.54, 1.807) is 5.56 Å². The number of hydrogen-bond donors (Lipinski definition) is 1. The van der Waals surface area contributed by atoms with Gasteiger partial charge in [-0.05, 0) is 49.5 Å². The second kappa shape index (κ2) is 4.34. The second-order valence-corrected chi connectivity index (χ2v) is 6.66. The molecule has 0 bridgehead atoms. The van der Waals surface area contributed by atoms with Crippen molar-refractivity contribution in [1.82, 2.24) is 9.47 Å². The molecule has 1 aromatic carbocycles. The van der Waals surface area contributed by atoms with Crippen molar-refractivity contribution >= 4 is 10.9 Å². The van der Waals surface area contributed by atoms with Gasteiger partial charge in [0.05, 0.1) is 0 Å². The molecule has 1 aromatic heterocycles. The largest absolute Gasteiger partial charge is 0.350 e. The highest BCUT2D eigenvalue weighted by Crippen LogP contribution is 2.44. The number of piperidine rings is 1. The summed E-state index contributed by atoms with van der Waals surface area (Å²) in [6.07, 6.45) is 4.76. The van der Waals surface area contributed by atoms with Crippen LogP contribution >= 0.6 is 0 Å². The Morgan fingerprint density at radius 2 is 2.15 bits per heavy atom. The lowest BCUT2D eigenvalue weighted by molar-refractivity contribution is 0.115. The lowest BCUT2D eigenvalue weighted by Crippen LogP contribution is -2.49. The lowest BCUT2D eigenvalue weighted by atomic mass is 9.72. The van der Waals surface area contributed by atoms with Crippen LogP contribution in [-0.4, -0.2) is 35.6 Å². The van der Waals surface area contributed by atoms with Crippen LogP contribution in [0.4, 0.5) is 0 Å². The zero-order chi connectivity index (χ0) is 13.9. The van der Waals surface area contributed by atoms with Crippen LogP contribution < -0.4 is 5.73 Å². The number of likely N-dealkylation sites (tertiary alicyclic amines) is 1. The summed E-state index contributed by atoms with van der Waals surface area (Å²) in [4.78, 5) is 2.54. The number of aryl methyl sites for hydroxylation is 1. The molecule has 1 saturated heterocycles. The number of nitrogens with zero attached hydrogens (tertiary/aromatic N) is 2. The van der Waals surface area contributed by atoms with E-state index in [1.165, 1.54) is 29.3 Å². The van der Waals surface area contributed by atoms with E-state index in [4.69, 9.17) is 5.73 Å². The van der Waals surface area contributed by atoms with Gasteiger partial charge in [0.25, 0.3) is 0 Å². The van der Waals surface area contributed by atoms with E-state index in [0.717, 1.165) is 13.1 Å². The first-order valence-electron chi connectivity index (χ1n) is 7.66. The first-order valence-corrected chi connectivity index (χ1v) is 7.66. The van der Waals surface area contributed by atoms with Crippen LogP contribution in [0.15, 0.2) is 24.4 Å². The summed E-state index contributed by atoms with van der Waals surface area (Å²) in [5, 5.41) is 1.52. The fraction of sp³-hybridized carbons (Fsp3) is 0.529. The van der Waals surface area contributed by atoms with Crippen molar-refractivity contribution in [2.45, 2.75) is 24.8 Å². The van der Waals surface area contributed by atoms with E-state index in [-0.39, 0.29) is 0 Å². The van der Waals surface area contributed by atoms with Crippen molar-refractivity contribution in [3.8, 4) is 0 Å². The third kappa shape index (κ3) is 1.60. The molecule has 0 spiro atoms. The first-order chi connectivity index (χ1) is 9.69. The van der Waals surface area contributed by atoms with Gasteiger partial charge >= 0.3 is 0 Å². The number of fused-ring (bicyclic) bond motifs is 2. The Bertz CT molecular complexity index is 658. The van der Waals surface area contributed by atoms with Crippen LogP contribution in [0.2, 0.25) is 0 Å². The van der Waals surface area contributed by atoms with Crippen LogP contribution in [0.25, 0.3) is 10.9 Å². The summed E-state index contributed by atoms with van der Waals surface area (Å²) in [7, 11) is 4.44. The number of aromatic nitrogens is 1. The monoisotopic (exact) mass is 269 g/mol. The van der Waals surface area contributed by atoms with Crippen molar-refractivity contribution in [1.29, 1.82) is 0 Å². The van der Waals surface area contributed by atoms with Crippen molar-refractivity contribution in [3.05, 3.63) is 35.5 Å². The average Bonchev–Trinajstić information content (AvgIpc) is 2.78. The van der Waals surface area contributed by atoms with Gasteiger partial charge in [-0.25, -0.2) is 0 Å². The zero-order valence-corrected chi connectivity index (χ0v) is 12.3. The van der Waals surface area contributed by atoms with E-state index in [9.17, 15) is 0 Å². The molecule has 3 atom stereocenters. The normalized spacial score (nSPS) is 29.6. The van der Waals surface area contributed by atoms with Crippen molar-refractivity contribution < 1.29 is 0 Å². The van der Waals surface area contributed by atoms with Crippen molar-refractivity contribution in [2.24, 2.45) is 18.7 Å². The predicted octanol–water partition coefficient (Wildman–Crippen LogP) is 2.10. The summed E-state index contributed by atoms with van der Waals surface area (Å²) in [5.74, 6) is 1.29. The molecular formula is C17H23N3. The molecule has 3 heteroatoms. The highest BCUT2D eigenvalue weighted by molar-refractivity contribution is 5.89. The summed E-state index contributed by atoms with van der Waals surface area (Å²) < 4.78 is 2.28. The Kier molecular flexibility index (Phi) is 2.69. The van der Waals surface area contributed by atoms with Gasteiger partial charge in [0.15, 0.2) is 0 Å². The van der Waals surface area contributed by atoms with Gasteiger partial charge in [0.2, 0.25) is 0 Å². The molecule has 2 N–H and O–H groups in total. The van der Waals surface area contributed by atoms with Crippen LogP contribution in [0, 0.1) is 5.92 Å². The molecule has 2 aliphatic rings. The minimum absolute atomic E-state index is 0.641. The van der Waals surface area contributed by atoms with E-state index >= 15 is 0 Å². The van der Waals surface area contributed by atoms with Crippen LogP contribution in [0.3, 0.4) is 0 Å². The molecule has 3 nitrogen and oxygen atoms in total. The SMILES string of the molecule is CN1CC(CN)CC2c3cccc4c3c(cn4C)C[C@H]21. The number of likely N-dealkylation sites (N-methyl/N-ethyl adjacent to an activating group) is 1. The highest BCUT2D eigenvalue weighted by Gasteiger charge is 2.39. The van der Waals surface area contributed by atoms with Crippen LogP contribution in [0.5, 0.6) is 0 Å². The molecule has 1 aliphatic carbocycles. The predicted molar refractivity (Wildman–Crippen MR) is 82.9 cm³/mol. The van der Waals surface area contributed by atoms with Gasteiger partial charge in [-0.1, -0.05) is 12.1 Å². The van der Waals surface area contributed by atoms with E-state index in [0.29, 0.717) is 17.9 Å². The number of rotatable bonds is 1. The molecule has 0 saturated carbocycles. The molecule has 2 heterocycles. The van der Waals surface area contributed by atoms with Gasteiger partial charge in [-0.2, -0.15) is 0 Å². The van der Waals surface area contributed by atoms with Gasteiger partial charge in [-0.15, -0.1) is 0 Å². The molecule has 1 aliphatic heterocycles. The first kappa shape index (κ1) is 12.4. The van der Waals surface area contributed by atoms with Crippen LogP contribution in [-0.2, 0) is 13.5 Å². The smallest absolute Gasteiger partial charge is 0.0483 e. The molecule has 20 heavy (non-hydrogen) atoms. The van der Waals surface area contributed by atoms with E-state index < -0.39 is 0 Å². The lowest BCUT2D eigenvalue weighted by Gasteiger charge is -2.45. The molecule has 2 unspecified atom stereocenters.